The van der Waals surface area contributed by atoms with Crippen molar-refractivity contribution in [2.24, 2.45) is 17.8 Å². The smallest absolute Gasteiger partial charge is 0.283 e. The molecule has 4 nitrogen and oxygen atoms in total. The number of nitro groups is 1. The lowest BCUT2D eigenvalue weighted by atomic mass is 9.85. The average Bonchev–Trinajstić information content (AvgIpc) is 2.34. The molecule has 0 atom stereocenters. The molecule has 1 rings (SSSR count). The van der Waals surface area contributed by atoms with Crippen LogP contribution in [0.2, 0.25) is 0 Å². The average molecular weight is 343 g/mol. The Bertz CT molecular complexity index is 453. The second-order valence-electron chi connectivity index (χ2n) is 5.79. The maximum atomic E-state index is 10.9. The van der Waals surface area contributed by atoms with Gasteiger partial charge in [0.25, 0.3) is 5.69 Å². The molecule has 0 aromatic heterocycles. The Balaban J connectivity index is 2.67. The van der Waals surface area contributed by atoms with Gasteiger partial charge in [-0.15, -0.1) is 0 Å². The molecule has 1 N–H and O–H groups in total. The van der Waals surface area contributed by atoms with Crippen molar-refractivity contribution in [3.63, 3.8) is 0 Å². The fraction of sp³-hybridized carbons (Fsp3) is 0.600. The van der Waals surface area contributed by atoms with Gasteiger partial charge in [0, 0.05) is 12.6 Å². The summed E-state index contributed by atoms with van der Waals surface area (Å²) in [4.78, 5) is 10.5. The Morgan fingerprint density at radius 1 is 1.25 bits per heavy atom. The molecule has 0 unspecified atom stereocenters. The Kier molecular flexibility index (Phi) is 6.62. The number of benzene rings is 1. The molecule has 0 bridgehead atoms. The molecule has 5 heteroatoms. The highest BCUT2D eigenvalue weighted by Gasteiger charge is 2.18. The molecule has 0 spiro atoms. The largest absolute Gasteiger partial charge is 0.312 e. The molecule has 0 heterocycles. The lowest BCUT2D eigenvalue weighted by molar-refractivity contribution is -0.385. The summed E-state index contributed by atoms with van der Waals surface area (Å²) < 4.78 is 0.572. The molecule has 0 aliphatic heterocycles. The van der Waals surface area contributed by atoms with Gasteiger partial charge in [-0.3, -0.25) is 10.1 Å². The van der Waals surface area contributed by atoms with Crippen molar-refractivity contribution >= 4 is 21.6 Å². The van der Waals surface area contributed by atoms with Crippen LogP contribution < -0.4 is 5.32 Å². The first kappa shape index (κ1) is 17.1. The van der Waals surface area contributed by atoms with Gasteiger partial charge >= 0.3 is 0 Å². The minimum atomic E-state index is -0.362. The van der Waals surface area contributed by atoms with E-state index in [1.165, 1.54) is 6.07 Å². The van der Waals surface area contributed by atoms with Gasteiger partial charge in [0.05, 0.1) is 9.40 Å². The zero-order valence-electron chi connectivity index (χ0n) is 12.5. The van der Waals surface area contributed by atoms with Crippen LogP contribution in [0.25, 0.3) is 0 Å². The summed E-state index contributed by atoms with van der Waals surface area (Å²) in [7, 11) is 0. The van der Waals surface area contributed by atoms with Crippen molar-refractivity contribution < 1.29 is 4.92 Å². The van der Waals surface area contributed by atoms with Crippen molar-refractivity contribution in [2.45, 2.75) is 34.2 Å². The van der Waals surface area contributed by atoms with Crippen LogP contribution in [-0.2, 0) is 6.54 Å². The normalized spacial score (nSPS) is 11.6. The molecule has 20 heavy (non-hydrogen) atoms. The minimum absolute atomic E-state index is 0.119. The van der Waals surface area contributed by atoms with Crippen molar-refractivity contribution in [1.82, 2.24) is 5.32 Å². The van der Waals surface area contributed by atoms with Gasteiger partial charge in [-0.2, -0.15) is 0 Å². The van der Waals surface area contributed by atoms with Crippen molar-refractivity contribution in [2.75, 3.05) is 6.54 Å². The maximum absolute atomic E-state index is 10.9. The SMILES string of the molecule is CC(C)C(CNCc1cccc([N+](=O)[O-])c1Br)C(C)C. The van der Waals surface area contributed by atoms with Gasteiger partial charge in [0.15, 0.2) is 0 Å². The van der Waals surface area contributed by atoms with Gasteiger partial charge in [-0.25, -0.2) is 0 Å². The molecule has 0 fully saturated rings. The lowest BCUT2D eigenvalue weighted by Gasteiger charge is -2.25. The summed E-state index contributed by atoms with van der Waals surface area (Å²) in [6, 6.07) is 5.14. The van der Waals surface area contributed by atoms with E-state index >= 15 is 0 Å². The summed E-state index contributed by atoms with van der Waals surface area (Å²) in [5.41, 5.74) is 1.04. The fourth-order valence-electron chi connectivity index (χ4n) is 2.46. The Morgan fingerprint density at radius 3 is 2.35 bits per heavy atom. The van der Waals surface area contributed by atoms with E-state index < -0.39 is 0 Å². The third-order valence-electron chi connectivity index (χ3n) is 3.66. The molecular weight excluding hydrogens is 320 g/mol. The molecule has 0 saturated heterocycles. The number of halogens is 1. The summed E-state index contributed by atoms with van der Waals surface area (Å²) >= 11 is 3.33. The number of rotatable bonds is 7. The molecule has 0 saturated carbocycles. The van der Waals surface area contributed by atoms with Crippen LogP contribution in [0, 0.1) is 27.9 Å². The van der Waals surface area contributed by atoms with E-state index in [1.807, 2.05) is 6.07 Å². The van der Waals surface area contributed by atoms with Crippen LogP contribution >= 0.6 is 15.9 Å². The Hall–Kier alpha value is -0.940. The third kappa shape index (κ3) is 4.56. The molecule has 1 aromatic rings. The van der Waals surface area contributed by atoms with Crippen molar-refractivity contribution in [3.8, 4) is 0 Å². The predicted octanol–water partition coefficient (Wildman–Crippen LogP) is 4.38. The van der Waals surface area contributed by atoms with Crippen LogP contribution in [0.3, 0.4) is 0 Å². The molecule has 0 radical (unpaired) electrons. The maximum Gasteiger partial charge on any atom is 0.283 e. The van der Waals surface area contributed by atoms with Gasteiger partial charge < -0.3 is 5.32 Å². The van der Waals surface area contributed by atoms with Crippen LogP contribution in [0.15, 0.2) is 22.7 Å². The second kappa shape index (κ2) is 7.74. The van der Waals surface area contributed by atoms with Gasteiger partial charge in [-0.1, -0.05) is 39.8 Å². The zero-order chi connectivity index (χ0) is 15.3. The van der Waals surface area contributed by atoms with Crippen LogP contribution in [0.1, 0.15) is 33.3 Å². The molecule has 0 aliphatic rings. The second-order valence-corrected chi connectivity index (χ2v) is 6.58. The van der Waals surface area contributed by atoms with E-state index in [2.05, 4.69) is 48.9 Å². The van der Waals surface area contributed by atoms with E-state index in [0.717, 1.165) is 12.1 Å². The van der Waals surface area contributed by atoms with E-state index in [-0.39, 0.29) is 10.6 Å². The molecular formula is C15H23BrN2O2. The third-order valence-corrected chi connectivity index (χ3v) is 4.58. The topological polar surface area (TPSA) is 55.2 Å². The van der Waals surface area contributed by atoms with E-state index in [0.29, 0.717) is 28.8 Å². The summed E-state index contributed by atoms with van der Waals surface area (Å²) in [6.45, 7) is 10.5. The fourth-order valence-corrected chi connectivity index (χ4v) is 3.01. The quantitative estimate of drug-likeness (QED) is 0.591. The number of nitro benzene ring substituents is 1. The standard InChI is InChI=1S/C15H23BrN2O2/c1-10(2)13(11(3)4)9-17-8-12-6-5-7-14(15(12)16)18(19)20/h5-7,10-11,13,17H,8-9H2,1-4H3. The Labute approximate surface area is 129 Å². The van der Waals surface area contributed by atoms with E-state index in [9.17, 15) is 10.1 Å². The predicted molar refractivity (Wildman–Crippen MR) is 85.7 cm³/mol. The molecule has 112 valence electrons. The summed E-state index contributed by atoms with van der Waals surface area (Å²) in [6.07, 6.45) is 0. The number of nitrogens with one attached hydrogen (secondary N) is 1. The van der Waals surface area contributed by atoms with Gasteiger partial charge in [0.1, 0.15) is 0 Å². The summed E-state index contributed by atoms with van der Waals surface area (Å²) in [5, 5.41) is 14.3. The van der Waals surface area contributed by atoms with Gasteiger partial charge in [0.2, 0.25) is 0 Å². The first-order chi connectivity index (χ1) is 9.34. The monoisotopic (exact) mass is 342 g/mol. The van der Waals surface area contributed by atoms with E-state index in [1.54, 1.807) is 6.07 Å². The van der Waals surface area contributed by atoms with Crippen LogP contribution in [-0.4, -0.2) is 11.5 Å². The lowest BCUT2D eigenvalue weighted by Crippen LogP contribution is -2.29. The number of hydrogen-bond donors (Lipinski definition) is 1. The van der Waals surface area contributed by atoms with Crippen LogP contribution in [0.4, 0.5) is 5.69 Å². The zero-order valence-corrected chi connectivity index (χ0v) is 14.1. The number of nitrogens with zero attached hydrogens (tertiary/aromatic N) is 1. The minimum Gasteiger partial charge on any atom is -0.312 e. The van der Waals surface area contributed by atoms with Crippen molar-refractivity contribution in [1.29, 1.82) is 0 Å². The van der Waals surface area contributed by atoms with Crippen LogP contribution in [0.5, 0.6) is 0 Å². The van der Waals surface area contributed by atoms with Crippen molar-refractivity contribution in [3.05, 3.63) is 38.3 Å². The first-order valence-electron chi connectivity index (χ1n) is 6.97. The van der Waals surface area contributed by atoms with Gasteiger partial charge in [-0.05, 0) is 45.8 Å². The number of hydrogen-bond acceptors (Lipinski definition) is 3. The Morgan fingerprint density at radius 2 is 1.85 bits per heavy atom. The molecule has 1 aromatic carbocycles. The molecule has 0 aliphatic carbocycles. The highest BCUT2D eigenvalue weighted by atomic mass is 79.9. The highest BCUT2D eigenvalue weighted by Crippen LogP contribution is 2.28. The first-order valence-corrected chi connectivity index (χ1v) is 7.76. The molecule has 0 amide bonds. The highest BCUT2D eigenvalue weighted by molar-refractivity contribution is 9.10. The van der Waals surface area contributed by atoms with E-state index in [4.69, 9.17) is 0 Å². The summed E-state index contributed by atoms with van der Waals surface area (Å²) in [5.74, 6) is 1.85.